The molecule has 3 heterocycles. The van der Waals surface area contributed by atoms with Crippen LogP contribution in [0.25, 0.3) is 0 Å². The molecule has 5 rings (SSSR count). The molecule has 1 aliphatic carbocycles. The molecule has 2 spiro atoms. The second-order valence-corrected chi connectivity index (χ2v) is 9.30. The predicted octanol–water partition coefficient (Wildman–Crippen LogP) is 3.29. The minimum atomic E-state index is -0.771. The molecule has 6 heteroatoms. The van der Waals surface area contributed by atoms with E-state index in [0.717, 1.165) is 63.7 Å². The monoisotopic (exact) mass is 383 g/mol. The van der Waals surface area contributed by atoms with Crippen LogP contribution in [0.4, 0.5) is 10.5 Å². The van der Waals surface area contributed by atoms with E-state index in [4.69, 9.17) is 0 Å². The molecule has 0 radical (unpaired) electrons. The maximum Gasteiger partial charge on any atom is 0.407 e. The van der Waals surface area contributed by atoms with Crippen LogP contribution in [0.15, 0.2) is 24.3 Å². The van der Waals surface area contributed by atoms with Crippen molar-refractivity contribution < 1.29 is 14.7 Å². The van der Waals surface area contributed by atoms with Crippen molar-refractivity contribution in [3.05, 3.63) is 29.8 Å². The minimum Gasteiger partial charge on any atom is -0.465 e. The highest BCUT2D eigenvalue weighted by Crippen LogP contribution is 2.49. The summed E-state index contributed by atoms with van der Waals surface area (Å²) in [6.07, 6.45) is 6.42. The van der Waals surface area contributed by atoms with Gasteiger partial charge in [-0.05, 0) is 75.1 Å². The molecule has 6 nitrogen and oxygen atoms in total. The molecule has 2 amide bonds. The van der Waals surface area contributed by atoms with Gasteiger partial charge in [-0.1, -0.05) is 18.2 Å². The first-order chi connectivity index (χ1) is 13.5. The summed E-state index contributed by atoms with van der Waals surface area (Å²) in [5, 5.41) is 12.4. The number of nitrogens with zero attached hydrogens (tertiary/aromatic N) is 2. The number of carboxylic acid groups (broad SMARTS) is 1. The van der Waals surface area contributed by atoms with Crippen molar-refractivity contribution in [1.29, 1.82) is 0 Å². The van der Waals surface area contributed by atoms with Gasteiger partial charge in [0.25, 0.3) is 0 Å². The Morgan fingerprint density at radius 1 is 1.04 bits per heavy atom. The van der Waals surface area contributed by atoms with Gasteiger partial charge < -0.3 is 20.2 Å². The lowest BCUT2D eigenvalue weighted by atomic mass is 9.68. The number of carbonyl (C=O) groups excluding carboxylic acids is 1. The normalized spacial score (nSPS) is 31.9. The van der Waals surface area contributed by atoms with Crippen LogP contribution in [-0.4, -0.2) is 59.1 Å². The number of benzene rings is 1. The zero-order valence-corrected chi connectivity index (χ0v) is 16.3. The fourth-order valence-electron chi connectivity index (χ4n) is 6.20. The molecule has 0 atom stereocenters. The number of piperidine rings is 1. The molecule has 28 heavy (non-hydrogen) atoms. The topological polar surface area (TPSA) is 72.9 Å². The van der Waals surface area contributed by atoms with E-state index in [1.54, 1.807) is 4.90 Å². The number of likely N-dealkylation sites (tertiary alicyclic amines) is 2. The molecule has 1 saturated carbocycles. The lowest BCUT2D eigenvalue weighted by Gasteiger charge is -2.46. The Kier molecular flexibility index (Phi) is 4.16. The zero-order chi connectivity index (χ0) is 19.4. The van der Waals surface area contributed by atoms with E-state index in [9.17, 15) is 14.7 Å². The molecular formula is C22H29N3O3. The summed E-state index contributed by atoms with van der Waals surface area (Å²) in [5.74, 6) is 0.185. The number of hydrogen-bond donors (Lipinski definition) is 2. The lowest BCUT2D eigenvalue weighted by Crippen LogP contribution is -2.50. The molecule has 1 aromatic rings. The lowest BCUT2D eigenvalue weighted by molar-refractivity contribution is -0.122. The summed E-state index contributed by atoms with van der Waals surface area (Å²) in [6, 6.07) is 8.72. The smallest absolute Gasteiger partial charge is 0.407 e. The number of amides is 2. The van der Waals surface area contributed by atoms with E-state index < -0.39 is 6.09 Å². The number of rotatable bonds is 1. The van der Waals surface area contributed by atoms with Crippen molar-refractivity contribution in [2.75, 3.05) is 31.5 Å². The van der Waals surface area contributed by atoms with E-state index in [0.29, 0.717) is 19.1 Å². The number of anilines is 1. The van der Waals surface area contributed by atoms with E-state index in [1.165, 1.54) is 5.56 Å². The summed E-state index contributed by atoms with van der Waals surface area (Å²) in [7, 11) is 0. The van der Waals surface area contributed by atoms with Gasteiger partial charge in [0.1, 0.15) is 0 Å². The van der Waals surface area contributed by atoms with Crippen LogP contribution < -0.4 is 5.32 Å². The maximum atomic E-state index is 12.8. The predicted molar refractivity (Wildman–Crippen MR) is 106 cm³/mol. The van der Waals surface area contributed by atoms with Crippen molar-refractivity contribution in [2.45, 2.75) is 56.4 Å². The van der Waals surface area contributed by atoms with Crippen LogP contribution in [0.5, 0.6) is 0 Å². The largest absolute Gasteiger partial charge is 0.465 e. The van der Waals surface area contributed by atoms with E-state index >= 15 is 0 Å². The van der Waals surface area contributed by atoms with E-state index in [2.05, 4.69) is 16.3 Å². The Bertz CT molecular complexity index is 792. The highest BCUT2D eigenvalue weighted by atomic mass is 16.4. The van der Waals surface area contributed by atoms with Gasteiger partial charge in [0.05, 0.1) is 5.41 Å². The first kappa shape index (κ1) is 18.0. The first-order valence-corrected chi connectivity index (χ1v) is 10.6. The van der Waals surface area contributed by atoms with Gasteiger partial charge in [0.15, 0.2) is 0 Å². The average Bonchev–Trinajstić information content (AvgIpc) is 3.24. The van der Waals surface area contributed by atoms with Crippen LogP contribution in [0, 0.1) is 5.41 Å². The molecule has 2 N–H and O–H groups in total. The van der Waals surface area contributed by atoms with E-state index in [-0.39, 0.29) is 16.7 Å². The molecule has 150 valence electrons. The highest BCUT2D eigenvalue weighted by molar-refractivity contribution is 6.06. The van der Waals surface area contributed by atoms with Crippen molar-refractivity contribution in [3.8, 4) is 0 Å². The molecule has 4 aliphatic rings. The van der Waals surface area contributed by atoms with Crippen LogP contribution >= 0.6 is 0 Å². The standard InChI is InChI=1S/C22H29N3O3/c26-19-22(17-3-1-2-4-18(17)23-19)7-5-16(6-8-22)24-12-9-21(10-13-24)11-14-25(15-21)20(27)28/h1-4,16H,5-15H2,(H,23,26)(H,27,28). The minimum absolute atomic E-state index is 0.185. The molecule has 3 fully saturated rings. The molecule has 2 saturated heterocycles. The van der Waals surface area contributed by atoms with Crippen molar-refractivity contribution in [2.24, 2.45) is 5.41 Å². The third-order valence-corrected chi connectivity index (χ3v) is 8.02. The fraction of sp³-hybridized carbons (Fsp3) is 0.636. The zero-order valence-electron chi connectivity index (χ0n) is 16.3. The summed E-state index contributed by atoms with van der Waals surface area (Å²) in [4.78, 5) is 28.2. The van der Waals surface area contributed by atoms with Gasteiger partial charge in [0, 0.05) is 24.8 Å². The van der Waals surface area contributed by atoms with E-state index in [1.807, 2.05) is 18.2 Å². The van der Waals surface area contributed by atoms with Gasteiger partial charge in [-0.25, -0.2) is 4.79 Å². The number of fused-ring (bicyclic) bond motifs is 2. The van der Waals surface area contributed by atoms with Gasteiger partial charge in [-0.15, -0.1) is 0 Å². The van der Waals surface area contributed by atoms with Gasteiger partial charge in [0.2, 0.25) is 5.91 Å². The van der Waals surface area contributed by atoms with Crippen LogP contribution in [-0.2, 0) is 10.2 Å². The number of carbonyl (C=O) groups is 2. The van der Waals surface area contributed by atoms with Crippen LogP contribution in [0.3, 0.4) is 0 Å². The summed E-state index contributed by atoms with van der Waals surface area (Å²) < 4.78 is 0. The number of para-hydroxylation sites is 1. The first-order valence-electron chi connectivity index (χ1n) is 10.6. The third-order valence-electron chi connectivity index (χ3n) is 8.02. The summed E-state index contributed by atoms with van der Waals surface area (Å²) in [5.41, 5.74) is 2.07. The van der Waals surface area contributed by atoms with Gasteiger partial charge in [-0.3, -0.25) is 4.79 Å². The number of hydrogen-bond acceptors (Lipinski definition) is 3. The Hall–Kier alpha value is -2.08. The Balaban J connectivity index is 1.21. The number of nitrogens with one attached hydrogen (secondary N) is 1. The van der Waals surface area contributed by atoms with Gasteiger partial charge >= 0.3 is 6.09 Å². The maximum absolute atomic E-state index is 12.8. The molecule has 0 aromatic heterocycles. The van der Waals surface area contributed by atoms with Gasteiger partial charge in [-0.2, -0.15) is 0 Å². The fourth-order valence-corrected chi connectivity index (χ4v) is 6.20. The quantitative estimate of drug-likeness (QED) is 0.781. The molecule has 0 unspecified atom stereocenters. The average molecular weight is 383 g/mol. The second-order valence-electron chi connectivity index (χ2n) is 9.30. The van der Waals surface area contributed by atoms with Crippen molar-refractivity contribution >= 4 is 17.7 Å². The molecule has 0 bridgehead atoms. The highest BCUT2D eigenvalue weighted by Gasteiger charge is 2.50. The van der Waals surface area contributed by atoms with Crippen molar-refractivity contribution in [3.63, 3.8) is 0 Å². The molecule has 3 aliphatic heterocycles. The summed E-state index contributed by atoms with van der Waals surface area (Å²) in [6.45, 7) is 3.53. The Morgan fingerprint density at radius 3 is 2.39 bits per heavy atom. The SMILES string of the molecule is O=C(O)N1CCC2(CCN(C3CCC4(CC3)C(=O)Nc3ccccc34)CC2)C1. The Labute approximate surface area is 165 Å². The van der Waals surface area contributed by atoms with Crippen LogP contribution in [0.1, 0.15) is 50.5 Å². The van der Waals surface area contributed by atoms with Crippen molar-refractivity contribution in [1.82, 2.24) is 9.80 Å². The second kappa shape index (κ2) is 6.48. The summed E-state index contributed by atoms with van der Waals surface area (Å²) >= 11 is 0. The third kappa shape index (κ3) is 2.72. The molecular weight excluding hydrogens is 354 g/mol. The molecule has 1 aromatic carbocycles. The van der Waals surface area contributed by atoms with Crippen LogP contribution in [0.2, 0.25) is 0 Å². The Morgan fingerprint density at radius 2 is 1.71 bits per heavy atom.